The zero-order chi connectivity index (χ0) is 8.69. The number of nitrogens with one attached hydrogen (secondary N) is 2. The maximum atomic E-state index is 10.4. The Balaban J connectivity index is 3.65. The van der Waals surface area contributed by atoms with Crippen molar-refractivity contribution < 1.29 is 14.3 Å². The molecule has 0 radical (unpaired) electrons. The van der Waals surface area contributed by atoms with Crippen LogP contribution in [0, 0.1) is 0 Å². The van der Waals surface area contributed by atoms with Crippen molar-refractivity contribution in [2.24, 2.45) is 0 Å². The zero-order valence-corrected chi connectivity index (χ0v) is 5.79. The first-order chi connectivity index (χ1) is 5.20. The number of carbonyl (C=O) groups excluding carboxylic acids is 2. The molecule has 0 aliphatic rings. The number of rotatable bonds is 2. The Morgan fingerprint density at radius 1 is 1.09 bits per heavy atom. The van der Waals surface area contributed by atoms with E-state index in [1.54, 1.807) is 0 Å². The van der Waals surface area contributed by atoms with Crippen LogP contribution in [0.1, 0.15) is 0 Å². The molecule has 0 aromatic rings. The molecule has 0 spiro atoms. The SMILES string of the molecule is C=CNC(=O)OC(=O)NC=C. The van der Waals surface area contributed by atoms with Crippen molar-refractivity contribution in [1.29, 1.82) is 0 Å². The highest BCUT2D eigenvalue weighted by Gasteiger charge is 2.04. The number of carbonyl (C=O) groups is 2. The van der Waals surface area contributed by atoms with Gasteiger partial charge in [-0.15, -0.1) is 0 Å². The normalized spacial score (nSPS) is 7.64. The molecule has 2 N–H and O–H groups in total. The standard InChI is InChI=1S/C6H8N2O3/c1-3-7-5(9)11-6(10)8-4-2/h3-4H,1-2H2,(H,7,9)(H,8,10). The lowest BCUT2D eigenvalue weighted by molar-refractivity contribution is 0.155. The van der Waals surface area contributed by atoms with Crippen molar-refractivity contribution in [3.8, 4) is 0 Å². The molecule has 0 bridgehead atoms. The Kier molecular flexibility index (Phi) is 4.22. The molecule has 2 amide bonds. The van der Waals surface area contributed by atoms with Crippen LogP contribution in [-0.4, -0.2) is 12.2 Å². The summed E-state index contributed by atoms with van der Waals surface area (Å²) >= 11 is 0. The van der Waals surface area contributed by atoms with Crippen LogP contribution in [0.25, 0.3) is 0 Å². The molecule has 0 fully saturated rings. The fraction of sp³-hybridized carbons (Fsp3) is 0. The van der Waals surface area contributed by atoms with Gasteiger partial charge in [0.1, 0.15) is 0 Å². The van der Waals surface area contributed by atoms with E-state index in [1.807, 2.05) is 10.6 Å². The van der Waals surface area contributed by atoms with E-state index in [2.05, 4.69) is 17.9 Å². The molecule has 0 aliphatic carbocycles. The second-order valence-electron chi connectivity index (χ2n) is 1.37. The van der Waals surface area contributed by atoms with Crippen LogP contribution in [0.4, 0.5) is 9.59 Å². The van der Waals surface area contributed by atoms with Crippen LogP contribution in [0.2, 0.25) is 0 Å². The molecule has 11 heavy (non-hydrogen) atoms. The van der Waals surface area contributed by atoms with Gasteiger partial charge in [0.05, 0.1) is 0 Å². The third-order valence-electron chi connectivity index (χ3n) is 0.625. The van der Waals surface area contributed by atoms with E-state index in [9.17, 15) is 9.59 Å². The summed E-state index contributed by atoms with van der Waals surface area (Å²) in [7, 11) is 0. The van der Waals surface area contributed by atoms with Gasteiger partial charge in [0, 0.05) is 0 Å². The average molecular weight is 156 g/mol. The van der Waals surface area contributed by atoms with Crippen molar-refractivity contribution in [1.82, 2.24) is 10.6 Å². The molecule has 0 unspecified atom stereocenters. The van der Waals surface area contributed by atoms with Crippen molar-refractivity contribution >= 4 is 12.2 Å². The lowest BCUT2D eigenvalue weighted by Gasteiger charge is -1.99. The van der Waals surface area contributed by atoms with Gasteiger partial charge in [0.2, 0.25) is 0 Å². The first-order valence-electron chi connectivity index (χ1n) is 2.71. The van der Waals surface area contributed by atoms with E-state index in [-0.39, 0.29) is 0 Å². The predicted octanol–water partition coefficient (Wildman–Crippen LogP) is 0.709. The van der Waals surface area contributed by atoms with Gasteiger partial charge in [0.15, 0.2) is 0 Å². The van der Waals surface area contributed by atoms with Crippen LogP contribution in [-0.2, 0) is 4.74 Å². The third-order valence-corrected chi connectivity index (χ3v) is 0.625. The van der Waals surface area contributed by atoms with Crippen molar-refractivity contribution in [2.45, 2.75) is 0 Å². The Morgan fingerprint density at radius 3 is 1.73 bits per heavy atom. The van der Waals surface area contributed by atoms with Crippen LogP contribution < -0.4 is 10.6 Å². The van der Waals surface area contributed by atoms with Crippen molar-refractivity contribution in [3.05, 3.63) is 25.6 Å². The largest absolute Gasteiger partial charge is 0.420 e. The molecule has 5 heteroatoms. The molecule has 5 nitrogen and oxygen atoms in total. The van der Waals surface area contributed by atoms with Crippen LogP contribution >= 0.6 is 0 Å². The van der Waals surface area contributed by atoms with Gasteiger partial charge in [0.25, 0.3) is 0 Å². The summed E-state index contributed by atoms with van der Waals surface area (Å²) in [4.78, 5) is 20.9. The fourth-order valence-corrected chi connectivity index (χ4v) is 0.310. The summed E-state index contributed by atoms with van der Waals surface area (Å²) < 4.78 is 4.09. The number of amides is 2. The summed E-state index contributed by atoms with van der Waals surface area (Å²) in [6.45, 7) is 6.38. The Morgan fingerprint density at radius 2 is 1.45 bits per heavy atom. The van der Waals surface area contributed by atoms with Crippen molar-refractivity contribution in [3.63, 3.8) is 0 Å². The molecule has 0 atom stereocenters. The summed E-state index contributed by atoms with van der Waals surface area (Å²) in [6.07, 6.45) is 0.422. The molecule has 60 valence electrons. The topological polar surface area (TPSA) is 67.4 Å². The molecular formula is C6H8N2O3. The first kappa shape index (κ1) is 9.22. The predicted molar refractivity (Wildman–Crippen MR) is 38.5 cm³/mol. The maximum absolute atomic E-state index is 10.4. The fourth-order valence-electron chi connectivity index (χ4n) is 0.310. The molecule has 0 aromatic heterocycles. The molecule has 0 aliphatic heterocycles. The number of alkyl carbamates (subject to hydrolysis) is 2. The van der Waals surface area contributed by atoms with E-state index in [0.29, 0.717) is 0 Å². The molecule has 0 saturated heterocycles. The summed E-state index contributed by atoms with van der Waals surface area (Å²) in [5.74, 6) is 0. The number of hydrogen-bond donors (Lipinski definition) is 2. The minimum absolute atomic E-state index is 0.889. The van der Waals surface area contributed by atoms with Crippen LogP contribution in [0.3, 0.4) is 0 Å². The lowest BCUT2D eigenvalue weighted by atomic mass is 10.9. The summed E-state index contributed by atoms with van der Waals surface area (Å²) in [6, 6.07) is 0. The van der Waals surface area contributed by atoms with E-state index in [0.717, 1.165) is 12.4 Å². The average Bonchev–Trinajstić information content (AvgIpc) is 1.87. The quantitative estimate of drug-likeness (QED) is 0.578. The van der Waals surface area contributed by atoms with Gasteiger partial charge < -0.3 is 4.74 Å². The Labute approximate surface area is 63.7 Å². The Hall–Kier alpha value is -1.78. The van der Waals surface area contributed by atoms with E-state index < -0.39 is 12.2 Å². The smallest absolute Gasteiger partial charge is 0.359 e. The van der Waals surface area contributed by atoms with Gasteiger partial charge in [-0.1, -0.05) is 13.2 Å². The summed E-state index contributed by atoms with van der Waals surface area (Å²) in [5.41, 5.74) is 0. The van der Waals surface area contributed by atoms with E-state index in [4.69, 9.17) is 0 Å². The lowest BCUT2D eigenvalue weighted by Crippen LogP contribution is -2.27. The van der Waals surface area contributed by atoms with Crippen LogP contribution in [0.15, 0.2) is 25.6 Å². The third kappa shape index (κ3) is 4.71. The minimum Gasteiger partial charge on any atom is -0.359 e. The molecule has 0 heterocycles. The van der Waals surface area contributed by atoms with Gasteiger partial charge in [-0.25, -0.2) is 9.59 Å². The van der Waals surface area contributed by atoms with Crippen LogP contribution in [0.5, 0.6) is 0 Å². The zero-order valence-electron chi connectivity index (χ0n) is 5.79. The molecule has 0 aromatic carbocycles. The second-order valence-corrected chi connectivity index (χ2v) is 1.37. The maximum Gasteiger partial charge on any atom is 0.420 e. The highest BCUT2D eigenvalue weighted by Crippen LogP contribution is 1.78. The highest BCUT2D eigenvalue weighted by molar-refractivity contribution is 5.84. The van der Waals surface area contributed by atoms with E-state index in [1.165, 1.54) is 0 Å². The van der Waals surface area contributed by atoms with Crippen molar-refractivity contribution in [2.75, 3.05) is 0 Å². The highest BCUT2D eigenvalue weighted by atomic mass is 16.6. The van der Waals surface area contributed by atoms with E-state index >= 15 is 0 Å². The molecule has 0 saturated carbocycles. The molecular weight excluding hydrogens is 148 g/mol. The first-order valence-corrected chi connectivity index (χ1v) is 2.71. The monoisotopic (exact) mass is 156 g/mol. The molecule has 0 rings (SSSR count). The summed E-state index contributed by atoms with van der Waals surface area (Å²) in [5, 5.41) is 4.08. The van der Waals surface area contributed by atoms with Gasteiger partial charge in [-0.3, -0.25) is 10.6 Å². The number of ether oxygens (including phenoxy) is 1. The number of hydrogen-bond acceptors (Lipinski definition) is 3. The van der Waals surface area contributed by atoms with Gasteiger partial charge >= 0.3 is 12.2 Å². The second kappa shape index (κ2) is 5.04. The minimum atomic E-state index is -0.889. The van der Waals surface area contributed by atoms with Gasteiger partial charge in [-0.05, 0) is 12.4 Å². The van der Waals surface area contributed by atoms with Gasteiger partial charge in [-0.2, -0.15) is 0 Å². The Bertz CT molecular complexity index is 168.